The van der Waals surface area contributed by atoms with Crippen LogP contribution in [0, 0.1) is 27.7 Å². The number of benzene rings is 6. The molecule has 0 fully saturated rings. The second-order valence-corrected chi connectivity index (χ2v) is 14.3. The third kappa shape index (κ3) is 5.48. The fourth-order valence-electron chi connectivity index (χ4n) is 8.33. The van der Waals surface area contributed by atoms with Gasteiger partial charge in [-0.25, -0.2) is 34.8 Å². The molecule has 10 heteroatoms. The van der Waals surface area contributed by atoms with E-state index in [0.29, 0.717) is 51.9 Å². The molecule has 278 valence electrons. The van der Waals surface area contributed by atoms with Gasteiger partial charge in [0.25, 0.3) is 11.8 Å². The van der Waals surface area contributed by atoms with Crippen LogP contribution in [0.15, 0.2) is 133 Å². The SMILES string of the molecule is Cc1nc(C)nc(-c2cccc3c4cccc(-c5nc(C)nc(C)n5)c4n(-c4cccc5c4C(=O)N(c4c(-c6ccccc6)cccc4-c4ccccc4)C5=O)c23)n1. The summed E-state index contributed by atoms with van der Waals surface area (Å²) in [5.41, 5.74) is 7.93. The highest BCUT2D eigenvalue weighted by atomic mass is 16.2. The topological polar surface area (TPSA) is 120 Å². The highest BCUT2D eigenvalue weighted by Crippen LogP contribution is 2.46. The molecule has 0 bridgehead atoms. The van der Waals surface area contributed by atoms with E-state index < -0.39 is 11.8 Å². The second kappa shape index (κ2) is 13.5. The predicted octanol–water partition coefficient (Wildman–Crippen LogP) is 9.86. The first kappa shape index (κ1) is 34.7. The van der Waals surface area contributed by atoms with E-state index in [9.17, 15) is 4.79 Å². The molecule has 0 spiro atoms. The maximum absolute atomic E-state index is 15.5. The zero-order valence-corrected chi connectivity index (χ0v) is 32.1. The minimum atomic E-state index is -0.431. The number of rotatable bonds is 6. The first-order valence-electron chi connectivity index (χ1n) is 19.0. The summed E-state index contributed by atoms with van der Waals surface area (Å²) < 4.78 is 2.06. The first-order valence-corrected chi connectivity index (χ1v) is 19.0. The van der Waals surface area contributed by atoms with Gasteiger partial charge in [-0.1, -0.05) is 109 Å². The normalized spacial score (nSPS) is 12.5. The summed E-state index contributed by atoms with van der Waals surface area (Å²) in [6.45, 7) is 7.38. The molecular formula is C48H34N8O2. The molecule has 1 aliphatic rings. The number of nitrogens with zero attached hydrogens (tertiary/aromatic N) is 8. The van der Waals surface area contributed by atoms with Crippen LogP contribution < -0.4 is 4.90 Å². The van der Waals surface area contributed by atoms with Crippen molar-refractivity contribution in [3.8, 4) is 50.7 Å². The van der Waals surface area contributed by atoms with Crippen LogP contribution in [0.5, 0.6) is 0 Å². The van der Waals surface area contributed by atoms with Crippen LogP contribution in [-0.2, 0) is 0 Å². The van der Waals surface area contributed by atoms with Crippen LogP contribution in [0.3, 0.4) is 0 Å². The van der Waals surface area contributed by atoms with Crippen LogP contribution in [0.2, 0.25) is 0 Å². The van der Waals surface area contributed by atoms with Gasteiger partial charge < -0.3 is 4.57 Å². The highest BCUT2D eigenvalue weighted by Gasteiger charge is 2.42. The largest absolute Gasteiger partial charge is 0.307 e. The van der Waals surface area contributed by atoms with Gasteiger partial charge in [-0.05, 0) is 63.1 Å². The number of aryl methyl sites for hydroxylation is 4. The molecule has 0 saturated carbocycles. The van der Waals surface area contributed by atoms with E-state index in [1.807, 2.05) is 143 Å². The van der Waals surface area contributed by atoms with Gasteiger partial charge >= 0.3 is 0 Å². The van der Waals surface area contributed by atoms with Crippen LogP contribution in [0.4, 0.5) is 5.69 Å². The molecular weight excluding hydrogens is 721 g/mol. The number of carbonyl (C=O) groups excluding carboxylic acids is 2. The van der Waals surface area contributed by atoms with E-state index in [1.165, 1.54) is 4.90 Å². The average molecular weight is 755 g/mol. The summed E-state index contributed by atoms with van der Waals surface area (Å²) in [5.74, 6) is 2.49. The van der Waals surface area contributed by atoms with Gasteiger partial charge in [-0.2, -0.15) is 0 Å². The predicted molar refractivity (Wildman–Crippen MR) is 226 cm³/mol. The lowest BCUT2D eigenvalue weighted by atomic mass is 9.95. The molecule has 2 amide bonds. The van der Waals surface area contributed by atoms with Gasteiger partial charge in [0, 0.05) is 33.0 Å². The summed E-state index contributed by atoms with van der Waals surface area (Å²) in [6.07, 6.45) is 0. The Balaban J connectivity index is 1.29. The second-order valence-electron chi connectivity index (χ2n) is 14.3. The number of hydrogen-bond acceptors (Lipinski definition) is 8. The third-order valence-electron chi connectivity index (χ3n) is 10.6. The van der Waals surface area contributed by atoms with Crippen molar-refractivity contribution in [3.63, 3.8) is 0 Å². The van der Waals surface area contributed by atoms with Crippen molar-refractivity contribution in [2.75, 3.05) is 4.90 Å². The van der Waals surface area contributed by atoms with Gasteiger partial charge in [0.15, 0.2) is 11.6 Å². The lowest BCUT2D eigenvalue weighted by Crippen LogP contribution is -2.30. The van der Waals surface area contributed by atoms with E-state index in [0.717, 1.165) is 55.2 Å². The number of para-hydroxylation sites is 3. The van der Waals surface area contributed by atoms with Crippen molar-refractivity contribution in [3.05, 3.63) is 168 Å². The Labute approximate surface area is 333 Å². The zero-order valence-electron chi connectivity index (χ0n) is 32.1. The highest BCUT2D eigenvalue weighted by molar-refractivity contribution is 6.37. The lowest BCUT2D eigenvalue weighted by Gasteiger charge is -2.23. The fraction of sp³-hybridized carbons (Fsp3) is 0.0833. The Hall–Kier alpha value is -7.72. The number of carbonyl (C=O) groups is 2. The minimum absolute atomic E-state index is 0.281. The van der Waals surface area contributed by atoms with E-state index in [2.05, 4.69) is 26.7 Å². The Morgan fingerprint density at radius 1 is 0.397 bits per heavy atom. The lowest BCUT2D eigenvalue weighted by molar-refractivity contribution is 0.0926. The van der Waals surface area contributed by atoms with E-state index in [1.54, 1.807) is 6.07 Å². The van der Waals surface area contributed by atoms with Crippen molar-refractivity contribution in [1.82, 2.24) is 34.5 Å². The number of fused-ring (bicyclic) bond motifs is 4. The van der Waals surface area contributed by atoms with Gasteiger partial charge in [0.1, 0.15) is 23.3 Å². The molecule has 6 aromatic carbocycles. The molecule has 0 N–H and O–H groups in total. The number of imide groups is 1. The molecule has 0 radical (unpaired) electrons. The number of aromatic nitrogens is 7. The van der Waals surface area contributed by atoms with Crippen LogP contribution >= 0.6 is 0 Å². The summed E-state index contributed by atoms with van der Waals surface area (Å²) in [4.78, 5) is 59.9. The fourth-order valence-corrected chi connectivity index (χ4v) is 8.33. The average Bonchev–Trinajstić information content (AvgIpc) is 3.71. The van der Waals surface area contributed by atoms with Crippen molar-refractivity contribution >= 4 is 39.3 Å². The van der Waals surface area contributed by atoms with Gasteiger partial charge in [0.05, 0.1) is 33.5 Å². The molecule has 0 saturated heterocycles. The Bertz CT molecular complexity index is 2950. The van der Waals surface area contributed by atoms with Gasteiger partial charge in [-0.3, -0.25) is 9.59 Å². The summed E-state index contributed by atoms with van der Waals surface area (Å²) in [7, 11) is 0. The molecule has 0 atom stereocenters. The number of anilines is 1. The smallest absolute Gasteiger partial charge is 0.268 e. The molecule has 3 aromatic heterocycles. The molecule has 9 aromatic rings. The minimum Gasteiger partial charge on any atom is -0.307 e. The van der Waals surface area contributed by atoms with Crippen LogP contribution in [0.25, 0.3) is 72.5 Å². The first-order chi connectivity index (χ1) is 28.3. The van der Waals surface area contributed by atoms with E-state index >= 15 is 4.79 Å². The van der Waals surface area contributed by atoms with E-state index in [4.69, 9.17) is 19.9 Å². The van der Waals surface area contributed by atoms with Crippen molar-refractivity contribution < 1.29 is 9.59 Å². The van der Waals surface area contributed by atoms with Crippen molar-refractivity contribution in [1.29, 1.82) is 0 Å². The summed E-state index contributed by atoms with van der Waals surface area (Å²) >= 11 is 0. The van der Waals surface area contributed by atoms with Crippen molar-refractivity contribution in [2.45, 2.75) is 27.7 Å². The maximum Gasteiger partial charge on any atom is 0.268 e. The molecule has 10 nitrogen and oxygen atoms in total. The third-order valence-corrected chi connectivity index (χ3v) is 10.6. The van der Waals surface area contributed by atoms with E-state index in [-0.39, 0.29) is 5.56 Å². The molecule has 1 aliphatic heterocycles. The van der Waals surface area contributed by atoms with Gasteiger partial charge in [-0.15, -0.1) is 0 Å². The molecule has 4 heterocycles. The Morgan fingerprint density at radius 2 is 0.810 bits per heavy atom. The molecule has 58 heavy (non-hydrogen) atoms. The molecule has 0 unspecified atom stereocenters. The standard InChI is InChI=1S/C48H34N8O2/c1-27-49-28(2)52-45(51-27)38-24-12-21-35-36-22-13-25-39(46-53-29(3)50-30(4)54-46)44(36)55(43(35)38)40-26-14-23-37-41(40)48(58)56(47(37)57)42-33(31-15-7-5-8-16-31)19-11-20-34(42)32-17-9-6-10-18-32/h5-26H,1-4H3. The monoisotopic (exact) mass is 754 g/mol. The maximum atomic E-state index is 15.5. The summed E-state index contributed by atoms with van der Waals surface area (Å²) in [6, 6.07) is 43.1. The van der Waals surface area contributed by atoms with Crippen LogP contribution in [0.1, 0.15) is 44.0 Å². The zero-order chi connectivity index (χ0) is 39.7. The quantitative estimate of drug-likeness (QED) is 0.154. The Kier molecular flexibility index (Phi) is 8.08. The molecule has 10 rings (SSSR count). The Morgan fingerprint density at radius 3 is 1.29 bits per heavy atom. The van der Waals surface area contributed by atoms with Crippen molar-refractivity contribution in [2.24, 2.45) is 0 Å². The van der Waals surface area contributed by atoms with Crippen LogP contribution in [-0.4, -0.2) is 46.3 Å². The summed E-state index contributed by atoms with van der Waals surface area (Å²) in [5, 5.41) is 1.80. The van der Waals surface area contributed by atoms with Gasteiger partial charge in [0.2, 0.25) is 0 Å². The number of hydrogen-bond donors (Lipinski definition) is 0. The number of amides is 2. The molecule has 0 aliphatic carbocycles.